The van der Waals surface area contributed by atoms with Gasteiger partial charge in [0.25, 0.3) is 0 Å². The third kappa shape index (κ3) is 1.51. The number of nitrogens with zero attached hydrogens (tertiary/aromatic N) is 1. The monoisotopic (exact) mass is 204 g/mol. The summed E-state index contributed by atoms with van der Waals surface area (Å²) in [5.74, 6) is 0. The Bertz CT molecular complexity index is 355. The van der Waals surface area contributed by atoms with Gasteiger partial charge >= 0.3 is 0 Å². The maximum Gasteiger partial charge on any atom is 0.121 e. The van der Waals surface area contributed by atoms with E-state index in [0.717, 1.165) is 26.1 Å². The Hall–Kier alpha value is -1.42. The Morgan fingerprint density at radius 3 is 3.07 bits per heavy atom. The standard InChI is InChI=1S/C11H16N4/c1-2-10(13-4-1)11-14-6-7-15(11)9-3-5-12-8-9/h1-2,4,8,11-14H,3,5-7H2. The van der Waals surface area contributed by atoms with E-state index in [1.54, 1.807) is 0 Å². The van der Waals surface area contributed by atoms with Gasteiger partial charge in [-0.2, -0.15) is 0 Å². The molecule has 3 heterocycles. The fraction of sp³-hybridized carbons (Fsp3) is 0.455. The molecular weight excluding hydrogens is 188 g/mol. The van der Waals surface area contributed by atoms with Gasteiger partial charge in [0.1, 0.15) is 6.17 Å². The van der Waals surface area contributed by atoms with Gasteiger partial charge < -0.3 is 15.2 Å². The van der Waals surface area contributed by atoms with Crippen LogP contribution in [-0.4, -0.2) is 29.5 Å². The molecule has 4 heteroatoms. The second-order valence-corrected chi connectivity index (χ2v) is 4.02. The Morgan fingerprint density at radius 1 is 1.33 bits per heavy atom. The van der Waals surface area contributed by atoms with E-state index in [4.69, 9.17) is 0 Å². The molecule has 0 aromatic carbocycles. The summed E-state index contributed by atoms with van der Waals surface area (Å²) >= 11 is 0. The first-order chi connectivity index (χ1) is 7.45. The van der Waals surface area contributed by atoms with Gasteiger partial charge in [0.2, 0.25) is 0 Å². The topological polar surface area (TPSA) is 43.1 Å². The van der Waals surface area contributed by atoms with Crippen molar-refractivity contribution in [2.24, 2.45) is 0 Å². The average molecular weight is 204 g/mol. The van der Waals surface area contributed by atoms with Crippen LogP contribution in [0, 0.1) is 0 Å². The normalized spacial score (nSPS) is 25.5. The lowest BCUT2D eigenvalue weighted by molar-refractivity contribution is 0.300. The molecule has 0 aliphatic carbocycles. The van der Waals surface area contributed by atoms with E-state index in [1.165, 1.54) is 11.4 Å². The molecule has 1 aromatic heterocycles. The predicted molar refractivity (Wildman–Crippen MR) is 58.9 cm³/mol. The minimum absolute atomic E-state index is 0.325. The van der Waals surface area contributed by atoms with Crippen LogP contribution in [0.25, 0.3) is 0 Å². The van der Waals surface area contributed by atoms with Crippen LogP contribution in [0.4, 0.5) is 0 Å². The van der Waals surface area contributed by atoms with Crippen molar-refractivity contribution in [2.75, 3.05) is 19.6 Å². The minimum Gasteiger partial charge on any atom is -0.389 e. The molecule has 1 aromatic rings. The quantitative estimate of drug-likeness (QED) is 0.666. The third-order valence-corrected chi connectivity index (χ3v) is 3.08. The number of hydrogen-bond donors (Lipinski definition) is 3. The van der Waals surface area contributed by atoms with E-state index < -0.39 is 0 Å². The van der Waals surface area contributed by atoms with Crippen molar-refractivity contribution in [1.82, 2.24) is 20.5 Å². The van der Waals surface area contributed by atoms with Crippen molar-refractivity contribution in [2.45, 2.75) is 12.6 Å². The molecule has 0 radical (unpaired) electrons. The minimum atomic E-state index is 0.325. The van der Waals surface area contributed by atoms with Crippen LogP contribution in [0.1, 0.15) is 18.3 Å². The van der Waals surface area contributed by atoms with E-state index in [-0.39, 0.29) is 0 Å². The first-order valence-corrected chi connectivity index (χ1v) is 5.51. The fourth-order valence-electron chi connectivity index (χ4n) is 2.35. The zero-order valence-corrected chi connectivity index (χ0v) is 8.66. The van der Waals surface area contributed by atoms with Gasteiger partial charge in [0.05, 0.1) is 5.69 Å². The zero-order valence-electron chi connectivity index (χ0n) is 8.66. The highest BCUT2D eigenvalue weighted by Crippen LogP contribution is 2.26. The zero-order chi connectivity index (χ0) is 10.1. The largest absolute Gasteiger partial charge is 0.389 e. The molecule has 0 amide bonds. The van der Waals surface area contributed by atoms with Gasteiger partial charge in [-0.15, -0.1) is 0 Å². The summed E-state index contributed by atoms with van der Waals surface area (Å²) < 4.78 is 0. The van der Waals surface area contributed by atoms with Crippen molar-refractivity contribution < 1.29 is 0 Å². The molecule has 15 heavy (non-hydrogen) atoms. The summed E-state index contributed by atoms with van der Waals surface area (Å²) in [5.41, 5.74) is 2.67. The first-order valence-electron chi connectivity index (χ1n) is 5.51. The molecule has 0 spiro atoms. The first kappa shape index (κ1) is 8.85. The molecule has 1 saturated heterocycles. The molecule has 0 bridgehead atoms. The molecule has 2 aliphatic heterocycles. The lowest BCUT2D eigenvalue weighted by Gasteiger charge is -2.26. The van der Waals surface area contributed by atoms with Crippen LogP contribution in [0.2, 0.25) is 0 Å². The predicted octanol–water partition coefficient (Wildman–Crippen LogP) is 0.753. The molecule has 2 aliphatic rings. The molecule has 4 nitrogen and oxygen atoms in total. The number of hydrogen-bond acceptors (Lipinski definition) is 3. The van der Waals surface area contributed by atoms with Crippen LogP contribution in [0.3, 0.4) is 0 Å². The molecule has 1 atom stereocenters. The van der Waals surface area contributed by atoms with Crippen LogP contribution < -0.4 is 10.6 Å². The summed E-state index contributed by atoms with van der Waals surface area (Å²) in [6.45, 7) is 3.22. The highest BCUT2D eigenvalue weighted by atomic mass is 15.3. The van der Waals surface area contributed by atoms with Crippen molar-refractivity contribution in [3.05, 3.63) is 35.9 Å². The highest BCUT2D eigenvalue weighted by molar-refractivity contribution is 5.16. The SMILES string of the molecule is C1=C(N2CCNC2c2ccc[nH]2)CCN1. The third-order valence-electron chi connectivity index (χ3n) is 3.08. The Morgan fingerprint density at radius 2 is 2.33 bits per heavy atom. The van der Waals surface area contributed by atoms with Gasteiger partial charge in [-0.05, 0) is 12.1 Å². The Labute approximate surface area is 89.4 Å². The van der Waals surface area contributed by atoms with Gasteiger partial charge in [0.15, 0.2) is 0 Å². The van der Waals surface area contributed by atoms with Crippen LogP contribution in [0.15, 0.2) is 30.2 Å². The molecule has 3 N–H and O–H groups in total. The molecular formula is C11H16N4. The Kier molecular flexibility index (Phi) is 2.14. The van der Waals surface area contributed by atoms with Crippen molar-refractivity contribution in [1.29, 1.82) is 0 Å². The lowest BCUT2D eigenvalue weighted by Crippen LogP contribution is -2.26. The smallest absolute Gasteiger partial charge is 0.121 e. The number of nitrogens with one attached hydrogen (secondary N) is 3. The van der Waals surface area contributed by atoms with Crippen LogP contribution >= 0.6 is 0 Å². The van der Waals surface area contributed by atoms with E-state index >= 15 is 0 Å². The van der Waals surface area contributed by atoms with Gasteiger partial charge in [0, 0.05) is 44.1 Å². The summed E-state index contributed by atoms with van der Waals surface area (Å²) in [5, 5.41) is 6.79. The molecule has 0 saturated carbocycles. The molecule has 1 fully saturated rings. The van der Waals surface area contributed by atoms with Crippen molar-refractivity contribution in [3.63, 3.8) is 0 Å². The van der Waals surface area contributed by atoms with E-state index in [2.05, 4.69) is 38.9 Å². The number of aromatic amines is 1. The van der Waals surface area contributed by atoms with Gasteiger partial charge in [-0.3, -0.25) is 5.32 Å². The summed E-state index contributed by atoms with van der Waals surface area (Å²) in [7, 11) is 0. The van der Waals surface area contributed by atoms with E-state index in [0.29, 0.717) is 6.17 Å². The number of aromatic nitrogens is 1. The second-order valence-electron chi connectivity index (χ2n) is 4.02. The number of H-pyrrole nitrogens is 1. The van der Waals surface area contributed by atoms with Crippen molar-refractivity contribution in [3.8, 4) is 0 Å². The van der Waals surface area contributed by atoms with Gasteiger partial charge in [-0.25, -0.2) is 0 Å². The highest BCUT2D eigenvalue weighted by Gasteiger charge is 2.28. The summed E-state index contributed by atoms with van der Waals surface area (Å²) in [4.78, 5) is 5.72. The van der Waals surface area contributed by atoms with E-state index in [9.17, 15) is 0 Å². The average Bonchev–Trinajstić information content (AvgIpc) is 3.01. The summed E-state index contributed by atoms with van der Waals surface area (Å²) in [6, 6.07) is 4.19. The van der Waals surface area contributed by atoms with Crippen LogP contribution in [-0.2, 0) is 0 Å². The maximum atomic E-state index is 3.51. The Balaban J connectivity index is 1.83. The molecule has 3 rings (SSSR count). The van der Waals surface area contributed by atoms with Crippen molar-refractivity contribution >= 4 is 0 Å². The maximum absolute atomic E-state index is 3.51. The van der Waals surface area contributed by atoms with Crippen LogP contribution in [0.5, 0.6) is 0 Å². The second kappa shape index (κ2) is 3.62. The summed E-state index contributed by atoms with van der Waals surface area (Å²) in [6.07, 6.45) is 5.59. The molecule has 80 valence electrons. The van der Waals surface area contributed by atoms with Gasteiger partial charge in [-0.1, -0.05) is 0 Å². The lowest BCUT2D eigenvalue weighted by atomic mass is 10.2. The number of rotatable bonds is 2. The van der Waals surface area contributed by atoms with E-state index in [1.807, 2.05) is 6.20 Å². The molecule has 1 unspecified atom stereocenters. The fourth-order valence-corrected chi connectivity index (χ4v) is 2.35.